The lowest BCUT2D eigenvalue weighted by Gasteiger charge is -2.21. The van der Waals surface area contributed by atoms with Crippen LogP contribution in [-0.2, 0) is 6.42 Å². The SMILES string of the molecule is COc1cc(/C=C2/CCCc3c2nc2ccccc2c3C(=O)O)ccc1OCC#N. The zero-order chi connectivity index (χ0) is 21.1. The summed E-state index contributed by atoms with van der Waals surface area (Å²) in [6.07, 6.45) is 4.38. The number of nitrogens with zero attached hydrogens (tertiary/aromatic N) is 2. The van der Waals surface area contributed by atoms with Crippen molar-refractivity contribution in [3.63, 3.8) is 0 Å². The molecule has 2 aromatic carbocycles. The zero-order valence-electron chi connectivity index (χ0n) is 16.5. The predicted molar refractivity (Wildman–Crippen MR) is 114 cm³/mol. The van der Waals surface area contributed by atoms with Crippen molar-refractivity contribution in [3.05, 3.63) is 64.8 Å². The summed E-state index contributed by atoms with van der Waals surface area (Å²) < 4.78 is 10.8. The van der Waals surface area contributed by atoms with Crippen LogP contribution in [0.2, 0.25) is 0 Å². The van der Waals surface area contributed by atoms with Crippen molar-refractivity contribution in [2.75, 3.05) is 13.7 Å². The lowest BCUT2D eigenvalue weighted by molar-refractivity contribution is 0.0697. The molecule has 0 amide bonds. The quantitative estimate of drug-likeness (QED) is 0.666. The highest BCUT2D eigenvalue weighted by Gasteiger charge is 2.24. The van der Waals surface area contributed by atoms with Crippen molar-refractivity contribution in [1.29, 1.82) is 5.26 Å². The van der Waals surface area contributed by atoms with E-state index in [1.165, 1.54) is 0 Å². The van der Waals surface area contributed by atoms with Crippen molar-refractivity contribution in [2.24, 2.45) is 0 Å². The Balaban J connectivity index is 1.83. The Morgan fingerprint density at radius 2 is 2.07 bits per heavy atom. The first-order valence-electron chi connectivity index (χ1n) is 9.66. The summed E-state index contributed by atoms with van der Waals surface area (Å²) in [7, 11) is 1.55. The summed E-state index contributed by atoms with van der Waals surface area (Å²) in [5.41, 5.74) is 4.46. The number of hydrogen-bond acceptors (Lipinski definition) is 5. The molecular formula is C24H20N2O4. The van der Waals surface area contributed by atoms with Gasteiger partial charge in [-0.15, -0.1) is 0 Å². The predicted octanol–water partition coefficient (Wildman–Crippen LogP) is 4.72. The van der Waals surface area contributed by atoms with Crippen molar-refractivity contribution in [1.82, 2.24) is 4.98 Å². The second-order valence-corrected chi connectivity index (χ2v) is 7.02. The molecule has 1 aliphatic rings. The van der Waals surface area contributed by atoms with Crippen LogP contribution in [0.25, 0.3) is 22.6 Å². The molecular weight excluding hydrogens is 380 g/mol. The molecule has 0 saturated carbocycles. The third kappa shape index (κ3) is 3.58. The van der Waals surface area contributed by atoms with Crippen molar-refractivity contribution >= 4 is 28.5 Å². The maximum Gasteiger partial charge on any atom is 0.336 e. The van der Waals surface area contributed by atoms with Gasteiger partial charge in [-0.3, -0.25) is 0 Å². The highest BCUT2D eigenvalue weighted by atomic mass is 16.5. The second kappa shape index (κ2) is 8.26. The Morgan fingerprint density at radius 1 is 1.23 bits per heavy atom. The summed E-state index contributed by atoms with van der Waals surface area (Å²) >= 11 is 0. The number of allylic oxidation sites excluding steroid dienone is 1. The largest absolute Gasteiger partial charge is 0.493 e. The molecule has 1 N–H and O–H groups in total. The number of para-hydroxylation sites is 1. The van der Waals surface area contributed by atoms with Gasteiger partial charge in [0.1, 0.15) is 6.07 Å². The van der Waals surface area contributed by atoms with E-state index in [0.29, 0.717) is 34.4 Å². The average molecular weight is 400 g/mol. The van der Waals surface area contributed by atoms with Crippen LogP contribution < -0.4 is 9.47 Å². The molecule has 1 heterocycles. The molecule has 0 spiro atoms. The molecule has 6 heteroatoms. The van der Waals surface area contributed by atoms with Crippen LogP contribution in [0, 0.1) is 11.3 Å². The van der Waals surface area contributed by atoms with E-state index >= 15 is 0 Å². The Bertz CT molecular complexity index is 1210. The second-order valence-electron chi connectivity index (χ2n) is 7.02. The fraction of sp³-hybridized carbons (Fsp3) is 0.208. The molecule has 0 fully saturated rings. The minimum Gasteiger partial charge on any atom is -0.493 e. The third-order valence-corrected chi connectivity index (χ3v) is 5.20. The molecule has 0 radical (unpaired) electrons. The summed E-state index contributed by atoms with van der Waals surface area (Å²) in [6, 6.07) is 14.8. The number of aromatic nitrogens is 1. The molecule has 6 nitrogen and oxygen atoms in total. The summed E-state index contributed by atoms with van der Waals surface area (Å²) in [4.78, 5) is 16.9. The van der Waals surface area contributed by atoms with E-state index in [0.717, 1.165) is 35.2 Å². The number of benzene rings is 2. The molecule has 0 saturated heterocycles. The monoisotopic (exact) mass is 400 g/mol. The number of carboxylic acid groups (broad SMARTS) is 1. The van der Waals surface area contributed by atoms with E-state index in [1.54, 1.807) is 13.2 Å². The topological polar surface area (TPSA) is 92.4 Å². The average Bonchev–Trinajstić information content (AvgIpc) is 2.76. The van der Waals surface area contributed by atoms with Gasteiger partial charge in [0, 0.05) is 5.39 Å². The number of carbonyl (C=O) groups is 1. The molecule has 0 unspecified atom stereocenters. The van der Waals surface area contributed by atoms with E-state index in [2.05, 4.69) is 0 Å². The van der Waals surface area contributed by atoms with E-state index in [9.17, 15) is 9.90 Å². The minimum absolute atomic E-state index is 0.0564. The zero-order valence-corrected chi connectivity index (χ0v) is 16.5. The first-order valence-corrected chi connectivity index (χ1v) is 9.66. The number of nitriles is 1. The number of hydrogen-bond donors (Lipinski definition) is 1. The third-order valence-electron chi connectivity index (χ3n) is 5.20. The Labute approximate surface area is 174 Å². The maximum atomic E-state index is 12.1. The van der Waals surface area contributed by atoms with Gasteiger partial charge < -0.3 is 14.6 Å². The number of rotatable bonds is 5. The van der Waals surface area contributed by atoms with Crippen LogP contribution in [0.5, 0.6) is 11.5 Å². The molecule has 0 atom stereocenters. The summed E-state index contributed by atoms with van der Waals surface area (Å²) in [6.45, 7) is -0.0564. The van der Waals surface area contributed by atoms with Gasteiger partial charge in [0.2, 0.25) is 0 Å². The Hall–Kier alpha value is -3.85. The molecule has 1 aromatic heterocycles. The lowest BCUT2D eigenvalue weighted by Crippen LogP contribution is -2.13. The van der Waals surface area contributed by atoms with Gasteiger partial charge in [-0.2, -0.15) is 5.26 Å². The van der Waals surface area contributed by atoms with Gasteiger partial charge in [-0.25, -0.2) is 9.78 Å². The normalized spacial score (nSPS) is 14.2. The van der Waals surface area contributed by atoms with Crippen molar-refractivity contribution in [3.8, 4) is 17.6 Å². The fourth-order valence-corrected chi connectivity index (χ4v) is 3.92. The van der Waals surface area contributed by atoms with E-state index in [4.69, 9.17) is 19.7 Å². The highest BCUT2D eigenvalue weighted by molar-refractivity contribution is 6.05. The van der Waals surface area contributed by atoms with Gasteiger partial charge in [0.15, 0.2) is 18.1 Å². The number of carboxylic acids is 1. The van der Waals surface area contributed by atoms with Gasteiger partial charge in [0.25, 0.3) is 0 Å². The van der Waals surface area contributed by atoms with Crippen LogP contribution >= 0.6 is 0 Å². The molecule has 150 valence electrons. The smallest absolute Gasteiger partial charge is 0.336 e. The number of fused-ring (bicyclic) bond motifs is 2. The first kappa shape index (κ1) is 19.5. The Kier molecular flexibility index (Phi) is 5.36. The fourth-order valence-electron chi connectivity index (χ4n) is 3.92. The molecule has 30 heavy (non-hydrogen) atoms. The van der Waals surface area contributed by atoms with Gasteiger partial charge in [0.05, 0.1) is 23.9 Å². The van der Waals surface area contributed by atoms with Crippen LogP contribution in [0.15, 0.2) is 42.5 Å². The molecule has 4 rings (SSSR count). The summed E-state index contributed by atoms with van der Waals surface area (Å²) in [5, 5.41) is 19.3. The summed E-state index contributed by atoms with van der Waals surface area (Å²) in [5.74, 6) is 0.114. The van der Waals surface area contributed by atoms with E-state index in [1.807, 2.05) is 48.5 Å². The first-order chi connectivity index (χ1) is 14.6. The van der Waals surface area contributed by atoms with Crippen LogP contribution in [0.4, 0.5) is 0 Å². The molecule has 1 aliphatic carbocycles. The van der Waals surface area contributed by atoms with Gasteiger partial charge >= 0.3 is 5.97 Å². The number of methoxy groups -OCH3 is 1. The molecule has 0 bridgehead atoms. The van der Waals surface area contributed by atoms with Gasteiger partial charge in [-0.1, -0.05) is 24.3 Å². The number of ether oxygens (including phenoxy) is 2. The van der Waals surface area contributed by atoms with Crippen molar-refractivity contribution < 1.29 is 19.4 Å². The Morgan fingerprint density at radius 3 is 2.83 bits per heavy atom. The highest BCUT2D eigenvalue weighted by Crippen LogP contribution is 2.37. The standard InChI is InChI=1S/C24H20N2O4/c1-29-21-14-15(9-10-20(21)30-12-11-25)13-16-5-4-7-18-22(24(27)28)17-6-2-3-8-19(17)26-23(16)18/h2-3,6,8-10,13-14H,4-5,7,12H2,1H3,(H,27,28)/b16-13-. The van der Waals surface area contributed by atoms with Crippen LogP contribution in [0.1, 0.15) is 40.0 Å². The number of aromatic carboxylic acids is 1. The lowest BCUT2D eigenvalue weighted by atomic mass is 9.86. The van der Waals surface area contributed by atoms with Crippen LogP contribution in [-0.4, -0.2) is 29.8 Å². The maximum absolute atomic E-state index is 12.1. The molecule has 3 aromatic rings. The van der Waals surface area contributed by atoms with Crippen molar-refractivity contribution in [2.45, 2.75) is 19.3 Å². The number of pyridine rings is 1. The van der Waals surface area contributed by atoms with Gasteiger partial charge in [-0.05, 0) is 60.2 Å². The van der Waals surface area contributed by atoms with Crippen LogP contribution in [0.3, 0.4) is 0 Å². The van der Waals surface area contributed by atoms with E-state index < -0.39 is 5.97 Å². The molecule has 0 aliphatic heterocycles. The minimum atomic E-state index is -0.924. The van der Waals surface area contributed by atoms with E-state index in [-0.39, 0.29) is 6.61 Å².